The van der Waals surface area contributed by atoms with E-state index in [1.165, 1.54) is 0 Å². The van der Waals surface area contributed by atoms with E-state index in [-0.39, 0.29) is 18.6 Å². The number of nitrogens with two attached hydrogens (primary N) is 1. The van der Waals surface area contributed by atoms with Gasteiger partial charge in [0.1, 0.15) is 0 Å². The van der Waals surface area contributed by atoms with Crippen LogP contribution in [0.5, 0.6) is 0 Å². The lowest BCUT2D eigenvalue weighted by Crippen LogP contribution is -2.38. The Morgan fingerprint density at radius 2 is 2.24 bits per heavy atom. The van der Waals surface area contributed by atoms with Crippen LogP contribution in [-0.2, 0) is 11.2 Å². The van der Waals surface area contributed by atoms with Gasteiger partial charge >= 0.3 is 0 Å². The maximum absolute atomic E-state index is 12.1. The van der Waals surface area contributed by atoms with E-state index >= 15 is 0 Å². The van der Waals surface area contributed by atoms with Gasteiger partial charge in [-0.15, -0.1) is 0 Å². The van der Waals surface area contributed by atoms with E-state index in [4.69, 9.17) is 5.73 Å². The Morgan fingerprint density at radius 1 is 1.47 bits per heavy atom. The molecule has 0 bridgehead atoms. The van der Waals surface area contributed by atoms with Crippen molar-refractivity contribution in [1.29, 1.82) is 0 Å². The molecular formula is C13H18N2O2. The number of carbonyl (C=O) groups is 1. The first-order chi connectivity index (χ1) is 8.22. The molecule has 0 aromatic heterocycles. The highest BCUT2D eigenvalue weighted by Gasteiger charge is 2.27. The smallest absolute Gasteiger partial charge is 0.227 e. The Labute approximate surface area is 101 Å². The highest BCUT2D eigenvalue weighted by Crippen LogP contribution is 2.19. The van der Waals surface area contributed by atoms with Crippen molar-refractivity contribution in [3.8, 4) is 0 Å². The summed E-state index contributed by atoms with van der Waals surface area (Å²) in [5, 5.41) is 9.19. The van der Waals surface area contributed by atoms with Crippen molar-refractivity contribution >= 4 is 11.6 Å². The van der Waals surface area contributed by atoms with Crippen molar-refractivity contribution in [3.05, 3.63) is 29.8 Å². The van der Waals surface area contributed by atoms with Crippen molar-refractivity contribution in [2.45, 2.75) is 25.3 Å². The Bertz CT molecular complexity index is 406. The number of nitrogens with zero attached hydrogens (tertiary/aromatic N) is 1. The minimum atomic E-state index is -0.00700. The minimum Gasteiger partial charge on any atom is -0.398 e. The number of anilines is 1. The molecular weight excluding hydrogens is 216 g/mol. The molecule has 1 aromatic rings. The SMILES string of the molecule is Nc1ccccc1CC(=O)N1CCCC1CO. The Kier molecular flexibility index (Phi) is 3.64. The third-order valence-corrected chi connectivity index (χ3v) is 3.31. The summed E-state index contributed by atoms with van der Waals surface area (Å²) in [6.07, 6.45) is 2.19. The van der Waals surface area contributed by atoms with Gasteiger partial charge in [0, 0.05) is 12.2 Å². The Morgan fingerprint density at radius 3 is 2.94 bits per heavy atom. The lowest BCUT2D eigenvalue weighted by molar-refractivity contribution is -0.131. The van der Waals surface area contributed by atoms with Gasteiger partial charge < -0.3 is 15.7 Å². The number of rotatable bonds is 3. The molecule has 1 aliphatic rings. The van der Waals surface area contributed by atoms with Crippen LogP contribution in [0.2, 0.25) is 0 Å². The predicted molar refractivity (Wildman–Crippen MR) is 66.4 cm³/mol. The average molecular weight is 234 g/mol. The van der Waals surface area contributed by atoms with E-state index < -0.39 is 0 Å². The van der Waals surface area contributed by atoms with Gasteiger partial charge in [-0.25, -0.2) is 0 Å². The number of amides is 1. The number of likely N-dealkylation sites (tertiary alicyclic amines) is 1. The van der Waals surface area contributed by atoms with Crippen LogP contribution >= 0.6 is 0 Å². The zero-order valence-electron chi connectivity index (χ0n) is 9.80. The standard InChI is InChI=1S/C13H18N2O2/c14-12-6-2-1-4-10(12)8-13(17)15-7-3-5-11(15)9-16/h1-2,4,6,11,16H,3,5,7-9,14H2. The van der Waals surface area contributed by atoms with Crippen LogP contribution in [-0.4, -0.2) is 35.1 Å². The van der Waals surface area contributed by atoms with Crippen LogP contribution in [0, 0.1) is 0 Å². The summed E-state index contributed by atoms with van der Waals surface area (Å²) in [5.74, 6) is 0.0550. The van der Waals surface area contributed by atoms with E-state index in [1.54, 1.807) is 11.0 Å². The molecule has 1 unspecified atom stereocenters. The highest BCUT2D eigenvalue weighted by molar-refractivity contribution is 5.81. The third kappa shape index (κ3) is 2.58. The number of nitrogen functional groups attached to an aromatic ring is 1. The van der Waals surface area contributed by atoms with E-state index in [1.807, 2.05) is 18.2 Å². The molecule has 0 aliphatic carbocycles. The van der Waals surface area contributed by atoms with Crippen molar-refractivity contribution < 1.29 is 9.90 Å². The zero-order valence-corrected chi connectivity index (χ0v) is 9.80. The summed E-state index contributed by atoms with van der Waals surface area (Å²) in [6, 6.07) is 7.41. The molecule has 0 spiro atoms. The van der Waals surface area contributed by atoms with Crippen molar-refractivity contribution in [2.75, 3.05) is 18.9 Å². The monoisotopic (exact) mass is 234 g/mol. The number of hydrogen-bond donors (Lipinski definition) is 2. The van der Waals surface area contributed by atoms with Gasteiger partial charge in [-0.3, -0.25) is 4.79 Å². The molecule has 4 heteroatoms. The minimum absolute atomic E-state index is 0.00700. The van der Waals surface area contributed by atoms with Crippen LogP contribution in [0.15, 0.2) is 24.3 Å². The largest absolute Gasteiger partial charge is 0.398 e. The first-order valence-corrected chi connectivity index (χ1v) is 5.96. The summed E-state index contributed by atoms with van der Waals surface area (Å²) in [4.78, 5) is 13.9. The summed E-state index contributed by atoms with van der Waals surface area (Å²) < 4.78 is 0. The van der Waals surface area contributed by atoms with Gasteiger partial charge in [-0.2, -0.15) is 0 Å². The normalized spacial score (nSPS) is 19.6. The molecule has 0 radical (unpaired) electrons. The predicted octanol–water partition coefficient (Wildman–Crippen LogP) is 0.795. The molecule has 1 aliphatic heterocycles. The molecule has 1 amide bonds. The van der Waals surface area contributed by atoms with Crippen molar-refractivity contribution in [2.24, 2.45) is 0 Å². The van der Waals surface area contributed by atoms with E-state index in [0.29, 0.717) is 12.1 Å². The van der Waals surface area contributed by atoms with Crippen molar-refractivity contribution in [3.63, 3.8) is 0 Å². The van der Waals surface area contributed by atoms with Gasteiger partial charge in [-0.05, 0) is 24.5 Å². The second-order valence-electron chi connectivity index (χ2n) is 4.44. The fraction of sp³-hybridized carbons (Fsp3) is 0.462. The van der Waals surface area contributed by atoms with Crippen LogP contribution in [0.1, 0.15) is 18.4 Å². The average Bonchev–Trinajstić information content (AvgIpc) is 2.80. The van der Waals surface area contributed by atoms with E-state index in [2.05, 4.69) is 0 Å². The zero-order chi connectivity index (χ0) is 12.3. The number of aliphatic hydroxyl groups excluding tert-OH is 1. The van der Waals surface area contributed by atoms with Crippen LogP contribution in [0.25, 0.3) is 0 Å². The summed E-state index contributed by atoms with van der Waals surface area (Å²) in [7, 11) is 0. The maximum Gasteiger partial charge on any atom is 0.227 e. The number of hydrogen-bond acceptors (Lipinski definition) is 3. The van der Waals surface area contributed by atoms with Crippen LogP contribution in [0.3, 0.4) is 0 Å². The van der Waals surface area contributed by atoms with Gasteiger partial charge in [0.15, 0.2) is 0 Å². The second-order valence-corrected chi connectivity index (χ2v) is 4.44. The highest BCUT2D eigenvalue weighted by atomic mass is 16.3. The number of benzene rings is 1. The van der Waals surface area contributed by atoms with Crippen LogP contribution < -0.4 is 5.73 Å². The quantitative estimate of drug-likeness (QED) is 0.760. The van der Waals surface area contributed by atoms with E-state index in [9.17, 15) is 9.90 Å². The maximum atomic E-state index is 12.1. The lowest BCUT2D eigenvalue weighted by Gasteiger charge is -2.23. The Hall–Kier alpha value is -1.55. The van der Waals surface area contributed by atoms with Gasteiger partial charge in [0.25, 0.3) is 0 Å². The number of carbonyl (C=O) groups excluding carboxylic acids is 1. The molecule has 2 rings (SSSR count). The molecule has 17 heavy (non-hydrogen) atoms. The summed E-state index contributed by atoms with van der Waals surface area (Å²) >= 11 is 0. The fourth-order valence-electron chi connectivity index (χ4n) is 2.31. The number of aliphatic hydroxyl groups is 1. The third-order valence-electron chi connectivity index (χ3n) is 3.31. The van der Waals surface area contributed by atoms with E-state index in [0.717, 1.165) is 24.9 Å². The molecule has 0 saturated carbocycles. The Balaban J connectivity index is 2.04. The molecule has 1 heterocycles. The second kappa shape index (κ2) is 5.19. The summed E-state index contributed by atoms with van der Waals surface area (Å²) in [5.41, 5.74) is 7.33. The molecule has 1 aromatic carbocycles. The molecule has 1 atom stereocenters. The molecule has 92 valence electrons. The summed E-state index contributed by atoms with van der Waals surface area (Å²) in [6.45, 7) is 0.798. The van der Waals surface area contributed by atoms with Gasteiger partial charge in [0.05, 0.1) is 19.1 Å². The van der Waals surface area contributed by atoms with Gasteiger partial charge in [-0.1, -0.05) is 18.2 Å². The fourth-order valence-corrected chi connectivity index (χ4v) is 2.31. The lowest BCUT2D eigenvalue weighted by atomic mass is 10.1. The number of para-hydroxylation sites is 1. The first-order valence-electron chi connectivity index (χ1n) is 5.96. The van der Waals surface area contributed by atoms with Gasteiger partial charge in [0.2, 0.25) is 5.91 Å². The molecule has 3 N–H and O–H groups in total. The van der Waals surface area contributed by atoms with Crippen molar-refractivity contribution in [1.82, 2.24) is 4.90 Å². The molecule has 4 nitrogen and oxygen atoms in total. The van der Waals surface area contributed by atoms with Crippen LogP contribution in [0.4, 0.5) is 5.69 Å². The molecule has 1 fully saturated rings. The molecule has 1 saturated heterocycles. The first kappa shape index (κ1) is 11.9. The topological polar surface area (TPSA) is 66.6 Å².